The fourth-order valence-electron chi connectivity index (χ4n) is 3.10. The minimum absolute atomic E-state index is 0.0730. The van der Waals surface area contributed by atoms with E-state index in [1.807, 2.05) is 0 Å². The van der Waals surface area contributed by atoms with Crippen LogP contribution in [-0.4, -0.2) is 46.3 Å². The third kappa shape index (κ3) is 4.29. The standard InChI is InChI=1S/C19H19ClF2N4O3/c1-3-23-17(27)16-13-8-26(19(28)12(13)4-5-24-16)10(2)11-6-14(20)18(25-7-11)29-9-15(21)22/h4-7,10,15H,3,8-9H2,1-2H3,(H,23,27). The lowest BCUT2D eigenvalue weighted by atomic mass is 10.1. The van der Waals surface area contributed by atoms with Gasteiger partial charge in [0.05, 0.1) is 6.04 Å². The van der Waals surface area contributed by atoms with Crippen LogP contribution in [0.1, 0.15) is 51.9 Å². The zero-order chi connectivity index (χ0) is 21.1. The fraction of sp³-hybridized carbons (Fsp3) is 0.368. The van der Waals surface area contributed by atoms with Crippen molar-refractivity contribution in [3.8, 4) is 5.88 Å². The highest BCUT2D eigenvalue weighted by molar-refractivity contribution is 6.31. The molecule has 2 amide bonds. The van der Waals surface area contributed by atoms with Gasteiger partial charge in [0.15, 0.2) is 6.61 Å². The Kier molecular flexibility index (Phi) is 6.26. The lowest BCUT2D eigenvalue weighted by molar-refractivity contribution is 0.0712. The number of nitrogens with zero attached hydrogens (tertiary/aromatic N) is 3. The topological polar surface area (TPSA) is 84.4 Å². The smallest absolute Gasteiger partial charge is 0.272 e. The maximum absolute atomic E-state index is 12.9. The van der Waals surface area contributed by atoms with Gasteiger partial charge in [-0.3, -0.25) is 14.6 Å². The molecular formula is C19H19ClF2N4O3. The van der Waals surface area contributed by atoms with Crippen molar-refractivity contribution in [2.75, 3.05) is 13.2 Å². The van der Waals surface area contributed by atoms with Gasteiger partial charge in [-0.2, -0.15) is 0 Å². The van der Waals surface area contributed by atoms with Gasteiger partial charge >= 0.3 is 0 Å². The molecule has 0 aromatic carbocycles. The number of hydrogen-bond donors (Lipinski definition) is 1. The van der Waals surface area contributed by atoms with Crippen LogP contribution in [-0.2, 0) is 6.54 Å². The van der Waals surface area contributed by atoms with Gasteiger partial charge in [-0.25, -0.2) is 13.8 Å². The number of halogens is 3. The second-order valence-electron chi connectivity index (χ2n) is 6.41. The molecule has 2 aromatic rings. The molecule has 7 nitrogen and oxygen atoms in total. The molecule has 154 valence electrons. The Morgan fingerprint density at radius 3 is 2.83 bits per heavy atom. The van der Waals surface area contributed by atoms with Crippen LogP contribution in [0.4, 0.5) is 8.78 Å². The molecule has 3 rings (SSSR count). The van der Waals surface area contributed by atoms with Gasteiger partial charge in [-0.05, 0) is 31.5 Å². The zero-order valence-electron chi connectivity index (χ0n) is 15.8. The van der Waals surface area contributed by atoms with Gasteiger partial charge in [-0.15, -0.1) is 0 Å². The average Bonchev–Trinajstić information content (AvgIpc) is 3.03. The quantitative estimate of drug-likeness (QED) is 0.737. The summed E-state index contributed by atoms with van der Waals surface area (Å²) >= 11 is 6.09. The van der Waals surface area contributed by atoms with E-state index in [4.69, 9.17) is 16.3 Å². The number of pyridine rings is 2. The van der Waals surface area contributed by atoms with Crippen LogP contribution < -0.4 is 10.1 Å². The van der Waals surface area contributed by atoms with E-state index >= 15 is 0 Å². The lowest BCUT2D eigenvalue weighted by Crippen LogP contribution is -2.28. The van der Waals surface area contributed by atoms with E-state index in [-0.39, 0.29) is 35.0 Å². The number of carbonyl (C=O) groups excluding carboxylic acids is 2. The predicted molar refractivity (Wildman–Crippen MR) is 101 cm³/mol. The molecule has 0 saturated carbocycles. The first-order chi connectivity index (χ1) is 13.8. The normalized spacial score (nSPS) is 14.1. The molecule has 1 unspecified atom stereocenters. The van der Waals surface area contributed by atoms with E-state index in [0.717, 1.165) is 0 Å². The van der Waals surface area contributed by atoms with Crippen LogP contribution in [0.25, 0.3) is 0 Å². The molecule has 29 heavy (non-hydrogen) atoms. The number of aromatic nitrogens is 2. The van der Waals surface area contributed by atoms with Gasteiger partial charge in [0, 0.05) is 36.6 Å². The molecule has 0 radical (unpaired) electrons. The van der Waals surface area contributed by atoms with Crippen molar-refractivity contribution in [1.82, 2.24) is 20.2 Å². The molecule has 3 heterocycles. The number of carbonyl (C=O) groups is 2. The highest BCUT2D eigenvalue weighted by Crippen LogP contribution is 2.34. The maximum atomic E-state index is 12.9. The Hall–Kier alpha value is -2.81. The highest BCUT2D eigenvalue weighted by atomic mass is 35.5. The van der Waals surface area contributed by atoms with Gasteiger partial charge in [0.25, 0.3) is 18.2 Å². The minimum Gasteiger partial charge on any atom is -0.471 e. The number of ether oxygens (including phenoxy) is 1. The van der Waals surface area contributed by atoms with Crippen molar-refractivity contribution < 1.29 is 23.1 Å². The maximum Gasteiger partial charge on any atom is 0.272 e. The molecule has 1 atom stereocenters. The van der Waals surface area contributed by atoms with E-state index in [9.17, 15) is 18.4 Å². The molecule has 1 N–H and O–H groups in total. The van der Waals surface area contributed by atoms with Gasteiger partial charge in [-0.1, -0.05) is 11.6 Å². The Labute approximate surface area is 171 Å². The molecule has 10 heteroatoms. The molecule has 0 bridgehead atoms. The SMILES string of the molecule is CCNC(=O)c1nccc2c1CN(C(C)c1cnc(OCC(F)F)c(Cl)c1)C2=O. The lowest BCUT2D eigenvalue weighted by Gasteiger charge is -2.24. The molecule has 2 aromatic heterocycles. The summed E-state index contributed by atoms with van der Waals surface area (Å²) in [6.07, 6.45) is 0.222. The number of nitrogens with one attached hydrogen (secondary N) is 1. The Morgan fingerprint density at radius 1 is 1.41 bits per heavy atom. The zero-order valence-corrected chi connectivity index (χ0v) is 16.5. The van der Waals surface area contributed by atoms with Crippen LogP contribution >= 0.6 is 11.6 Å². The number of amides is 2. The van der Waals surface area contributed by atoms with E-state index in [1.165, 1.54) is 18.5 Å². The molecule has 0 saturated heterocycles. The van der Waals surface area contributed by atoms with Gasteiger partial charge < -0.3 is 15.0 Å². The molecule has 1 aliphatic heterocycles. The average molecular weight is 425 g/mol. The van der Waals surface area contributed by atoms with Crippen molar-refractivity contribution in [3.05, 3.63) is 51.9 Å². The largest absolute Gasteiger partial charge is 0.471 e. The van der Waals surface area contributed by atoms with Crippen molar-refractivity contribution in [2.24, 2.45) is 0 Å². The van der Waals surface area contributed by atoms with E-state index < -0.39 is 19.1 Å². The van der Waals surface area contributed by atoms with Crippen LogP contribution in [0, 0.1) is 0 Å². The number of rotatable bonds is 7. The molecule has 0 spiro atoms. The van der Waals surface area contributed by atoms with Crippen LogP contribution in [0.15, 0.2) is 24.5 Å². The summed E-state index contributed by atoms with van der Waals surface area (Å²) in [6.45, 7) is 3.43. The van der Waals surface area contributed by atoms with Crippen molar-refractivity contribution in [2.45, 2.75) is 32.9 Å². The van der Waals surface area contributed by atoms with Gasteiger partial charge in [0.2, 0.25) is 5.88 Å². The molecule has 0 fully saturated rings. The molecule has 1 aliphatic rings. The van der Waals surface area contributed by atoms with E-state index in [0.29, 0.717) is 23.2 Å². The number of hydrogen-bond acceptors (Lipinski definition) is 5. The van der Waals surface area contributed by atoms with Crippen LogP contribution in [0.2, 0.25) is 5.02 Å². The monoisotopic (exact) mass is 424 g/mol. The second-order valence-corrected chi connectivity index (χ2v) is 6.82. The van der Waals surface area contributed by atoms with Crippen LogP contribution in [0.3, 0.4) is 0 Å². The first-order valence-corrected chi connectivity index (χ1v) is 9.34. The Bertz CT molecular complexity index is 942. The van der Waals surface area contributed by atoms with Crippen LogP contribution in [0.5, 0.6) is 5.88 Å². The molecular weight excluding hydrogens is 406 g/mol. The summed E-state index contributed by atoms with van der Waals surface area (Å²) in [5.41, 5.74) is 1.81. The van der Waals surface area contributed by atoms with Crippen molar-refractivity contribution in [1.29, 1.82) is 0 Å². The Morgan fingerprint density at radius 2 is 2.17 bits per heavy atom. The first kappa shape index (κ1) is 20.9. The van der Waals surface area contributed by atoms with E-state index in [1.54, 1.807) is 24.8 Å². The summed E-state index contributed by atoms with van der Waals surface area (Å²) in [5, 5.41) is 2.76. The van der Waals surface area contributed by atoms with Crippen molar-refractivity contribution >= 4 is 23.4 Å². The molecule has 0 aliphatic carbocycles. The Balaban J connectivity index is 1.82. The summed E-state index contributed by atoms with van der Waals surface area (Å²) in [7, 11) is 0. The third-order valence-corrected chi connectivity index (χ3v) is 4.82. The summed E-state index contributed by atoms with van der Waals surface area (Å²) in [6, 6.07) is 2.69. The highest BCUT2D eigenvalue weighted by Gasteiger charge is 2.35. The summed E-state index contributed by atoms with van der Waals surface area (Å²) < 4.78 is 29.5. The summed E-state index contributed by atoms with van der Waals surface area (Å²) in [4.78, 5) is 34.8. The number of alkyl halides is 2. The third-order valence-electron chi connectivity index (χ3n) is 4.55. The second kappa shape index (κ2) is 8.69. The fourth-order valence-corrected chi connectivity index (χ4v) is 3.33. The van der Waals surface area contributed by atoms with Crippen molar-refractivity contribution in [3.63, 3.8) is 0 Å². The summed E-state index contributed by atoms with van der Waals surface area (Å²) in [5.74, 6) is -0.673. The first-order valence-electron chi connectivity index (χ1n) is 8.96. The van der Waals surface area contributed by atoms with Gasteiger partial charge in [0.1, 0.15) is 10.7 Å². The number of fused-ring (bicyclic) bond motifs is 1. The predicted octanol–water partition coefficient (Wildman–Crippen LogP) is 3.24. The minimum atomic E-state index is -2.64. The van der Waals surface area contributed by atoms with E-state index in [2.05, 4.69) is 15.3 Å².